The molecule has 0 saturated heterocycles. The summed E-state index contributed by atoms with van der Waals surface area (Å²) in [7, 11) is 0. The molecule has 4 aromatic rings. The molecular weight excluding hydrogens is 487 g/mol. The molecule has 3 aromatic heterocycles. The fraction of sp³-hybridized carbons (Fsp3) is 0.105. The number of aromatic nitrogens is 4. The topological polar surface area (TPSA) is 142 Å². The number of rotatable bonds is 7. The molecule has 0 aliphatic heterocycles. The fourth-order valence-electron chi connectivity index (χ4n) is 2.79. The molecule has 0 spiro atoms. The number of halogens is 2. The monoisotopic (exact) mass is 502 g/mol. The number of anilines is 1. The number of amides is 1. The average Bonchev–Trinajstić information content (AvgIpc) is 3.46. The lowest BCUT2D eigenvalue weighted by atomic mass is 10.2. The summed E-state index contributed by atoms with van der Waals surface area (Å²) in [6, 6.07) is 7.53. The van der Waals surface area contributed by atoms with Crippen LogP contribution in [0.25, 0.3) is 5.65 Å². The van der Waals surface area contributed by atoms with E-state index in [1.165, 1.54) is 18.2 Å². The number of fused-ring (bicyclic) bond motifs is 1. The number of nitrogens with zero attached hydrogens (tertiary/aromatic N) is 5. The summed E-state index contributed by atoms with van der Waals surface area (Å²) in [4.78, 5) is 20.6. The minimum Gasteiger partial charge on any atom is -0.363 e. The Hall–Kier alpha value is -3.84. The first-order valence-corrected chi connectivity index (χ1v) is 10.1. The van der Waals surface area contributed by atoms with E-state index in [9.17, 15) is 14.4 Å². The molecular formula is C19H16BrFN8O3. The number of aliphatic imine (C=N–C) groups is 1. The van der Waals surface area contributed by atoms with Gasteiger partial charge in [-0.15, -0.1) is 0 Å². The van der Waals surface area contributed by atoms with Crippen molar-refractivity contribution in [3.05, 3.63) is 70.5 Å². The van der Waals surface area contributed by atoms with Crippen molar-refractivity contribution in [1.29, 1.82) is 0 Å². The lowest BCUT2D eigenvalue weighted by Crippen LogP contribution is -2.29. The van der Waals surface area contributed by atoms with Gasteiger partial charge in [0.15, 0.2) is 11.5 Å². The van der Waals surface area contributed by atoms with Crippen LogP contribution in [0.3, 0.4) is 0 Å². The van der Waals surface area contributed by atoms with E-state index in [1.807, 2.05) is 5.48 Å². The molecule has 0 saturated carbocycles. The van der Waals surface area contributed by atoms with Crippen LogP contribution in [0.4, 0.5) is 15.9 Å². The van der Waals surface area contributed by atoms with Crippen molar-refractivity contribution in [2.24, 2.45) is 4.99 Å². The molecule has 13 heteroatoms. The number of amidine groups is 1. The number of benzene rings is 1. The van der Waals surface area contributed by atoms with E-state index < -0.39 is 5.82 Å². The third kappa shape index (κ3) is 4.73. The number of hydrogen-bond donors (Lipinski definition) is 4. The zero-order chi connectivity index (χ0) is 22.5. The van der Waals surface area contributed by atoms with Gasteiger partial charge in [-0.3, -0.25) is 15.5 Å². The van der Waals surface area contributed by atoms with E-state index in [-0.39, 0.29) is 34.3 Å². The average molecular weight is 503 g/mol. The van der Waals surface area contributed by atoms with Gasteiger partial charge in [0.2, 0.25) is 5.82 Å². The van der Waals surface area contributed by atoms with E-state index in [0.29, 0.717) is 17.8 Å². The summed E-state index contributed by atoms with van der Waals surface area (Å²) in [5, 5.41) is 22.7. The molecule has 4 rings (SSSR count). The van der Waals surface area contributed by atoms with E-state index >= 15 is 0 Å². The normalized spacial score (nSPS) is 11.5. The summed E-state index contributed by atoms with van der Waals surface area (Å²) in [6.07, 6.45) is 5.10. The Labute approximate surface area is 188 Å². The van der Waals surface area contributed by atoms with Crippen molar-refractivity contribution in [3.63, 3.8) is 0 Å². The molecule has 164 valence electrons. The summed E-state index contributed by atoms with van der Waals surface area (Å²) >= 11 is 3.08. The lowest BCUT2D eigenvalue weighted by Gasteiger charge is -2.08. The first-order chi connectivity index (χ1) is 15.5. The molecule has 0 aliphatic carbocycles. The van der Waals surface area contributed by atoms with Crippen molar-refractivity contribution in [2.75, 3.05) is 18.4 Å². The van der Waals surface area contributed by atoms with Crippen LogP contribution in [-0.2, 0) is 0 Å². The predicted octanol–water partition coefficient (Wildman–Crippen LogP) is 2.52. The summed E-state index contributed by atoms with van der Waals surface area (Å²) in [5.74, 6) is -0.563. The lowest BCUT2D eigenvalue weighted by molar-refractivity contribution is 0.0954. The van der Waals surface area contributed by atoms with Gasteiger partial charge in [-0.2, -0.15) is 0 Å². The maximum Gasteiger partial charge on any atom is 0.252 e. The summed E-state index contributed by atoms with van der Waals surface area (Å²) < 4.78 is 20.1. The van der Waals surface area contributed by atoms with Crippen molar-refractivity contribution >= 4 is 44.8 Å². The molecule has 3 heterocycles. The number of hydrogen-bond acceptors (Lipinski definition) is 8. The molecule has 1 aromatic carbocycles. The number of hydroxylamine groups is 1. The smallest absolute Gasteiger partial charge is 0.252 e. The Balaban J connectivity index is 1.37. The van der Waals surface area contributed by atoms with Crippen LogP contribution >= 0.6 is 15.9 Å². The number of nitrogens with one attached hydrogen (secondary N) is 3. The van der Waals surface area contributed by atoms with Crippen molar-refractivity contribution < 1.29 is 19.0 Å². The number of pyridine rings is 1. The van der Waals surface area contributed by atoms with Crippen LogP contribution in [-0.4, -0.2) is 49.7 Å². The number of carbonyl (C=O) groups is 1. The highest BCUT2D eigenvalue weighted by Gasteiger charge is 2.17. The third-order valence-corrected chi connectivity index (χ3v) is 4.92. The fourth-order valence-corrected chi connectivity index (χ4v) is 3.15. The second-order valence-electron chi connectivity index (χ2n) is 6.43. The minimum atomic E-state index is -0.445. The third-order valence-electron chi connectivity index (χ3n) is 4.32. The molecule has 32 heavy (non-hydrogen) atoms. The molecule has 0 bridgehead atoms. The Morgan fingerprint density at radius 1 is 1.25 bits per heavy atom. The van der Waals surface area contributed by atoms with E-state index in [2.05, 4.69) is 46.9 Å². The molecule has 1 amide bonds. The highest BCUT2D eigenvalue weighted by atomic mass is 79.9. The van der Waals surface area contributed by atoms with Crippen LogP contribution in [0.15, 0.2) is 63.0 Å². The van der Waals surface area contributed by atoms with Crippen molar-refractivity contribution in [1.82, 2.24) is 30.5 Å². The van der Waals surface area contributed by atoms with Gasteiger partial charge >= 0.3 is 0 Å². The quantitative estimate of drug-likeness (QED) is 0.131. The first-order valence-electron chi connectivity index (χ1n) is 9.26. The SMILES string of the molecule is O=C(NCCNc1nonc1C(=Nc1ccc(F)c(Br)c1)NO)c1ccc2nccn2c1. The van der Waals surface area contributed by atoms with Crippen LogP contribution < -0.4 is 16.1 Å². The van der Waals surface area contributed by atoms with Crippen molar-refractivity contribution in [2.45, 2.75) is 0 Å². The Bertz CT molecular complexity index is 1290. The van der Waals surface area contributed by atoms with E-state index in [0.717, 1.165) is 5.65 Å². The standard InChI is InChI=1S/C19H16BrFN8O3/c20-13-9-12(2-3-14(13)21)25-18(26-31)16-17(28-32-27-16)23-5-6-24-19(30)11-1-4-15-22-7-8-29(15)10-11/h1-4,7-10,31H,5-6H2,(H,23,28)(H,24,30)(H,25,26). The predicted molar refractivity (Wildman–Crippen MR) is 116 cm³/mol. The number of imidazole rings is 1. The van der Waals surface area contributed by atoms with E-state index in [1.54, 1.807) is 35.1 Å². The van der Waals surface area contributed by atoms with Gasteiger partial charge in [-0.25, -0.2) is 19.0 Å². The summed E-state index contributed by atoms with van der Waals surface area (Å²) in [6.45, 7) is 0.568. The number of carbonyl (C=O) groups excluding carboxylic acids is 1. The second kappa shape index (κ2) is 9.53. The Morgan fingerprint density at radius 3 is 2.94 bits per heavy atom. The zero-order valence-electron chi connectivity index (χ0n) is 16.3. The first kappa shape index (κ1) is 21.4. The van der Waals surface area contributed by atoms with Crippen molar-refractivity contribution in [3.8, 4) is 0 Å². The van der Waals surface area contributed by atoms with Gasteiger partial charge in [0, 0.05) is 31.7 Å². The van der Waals surface area contributed by atoms with Crippen LogP contribution in [0, 0.1) is 5.82 Å². The molecule has 11 nitrogen and oxygen atoms in total. The van der Waals surface area contributed by atoms with Crippen LogP contribution in [0.1, 0.15) is 16.1 Å². The molecule has 0 unspecified atom stereocenters. The maximum atomic E-state index is 13.4. The van der Waals surface area contributed by atoms with E-state index in [4.69, 9.17) is 4.63 Å². The van der Waals surface area contributed by atoms with Gasteiger partial charge in [0.25, 0.3) is 5.91 Å². The molecule has 0 aliphatic rings. The van der Waals surface area contributed by atoms with Crippen LogP contribution in [0.5, 0.6) is 0 Å². The zero-order valence-corrected chi connectivity index (χ0v) is 17.9. The molecule has 0 fully saturated rings. The molecule has 0 atom stereocenters. The van der Waals surface area contributed by atoms with Gasteiger partial charge in [0.05, 0.1) is 15.7 Å². The molecule has 4 N–H and O–H groups in total. The highest BCUT2D eigenvalue weighted by molar-refractivity contribution is 9.10. The van der Waals surface area contributed by atoms with Gasteiger partial charge in [-0.05, 0) is 56.6 Å². The maximum absolute atomic E-state index is 13.4. The summed E-state index contributed by atoms with van der Waals surface area (Å²) in [5.41, 5.74) is 3.62. The highest BCUT2D eigenvalue weighted by Crippen LogP contribution is 2.23. The second-order valence-corrected chi connectivity index (χ2v) is 7.28. The Kier molecular flexibility index (Phi) is 6.37. The van der Waals surface area contributed by atoms with Gasteiger partial charge < -0.3 is 15.0 Å². The van der Waals surface area contributed by atoms with Gasteiger partial charge in [-0.1, -0.05) is 0 Å². The molecule has 0 radical (unpaired) electrons. The minimum absolute atomic E-state index is 0.0649. The Morgan fingerprint density at radius 2 is 2.12 bits per heavy atom. The van der Waals surface area contributed by atoms with Gasteiger partial charge in [0.1, 0.15) is 11.5 Å². The largest absolute Gasteiger partial charge is 0.363 e. The van der Waals surface area contributed by atoms with Crippen LogP contribution in [0.2, 0.25) is 0 Å².